The van der Waals surface area contributed by atoms with Crippen LogP contribution in [0.1, 0.15) is 31.0 Å². The van der Waals surface area contributed by atoms with E-state index in [1.807, 2.05) is 19.1 Å². The number of rotatable bonds is 5. The minimum Gasteiger partial charge on any atom is -0.465 e. The highest BCUT2D eigenvalue weighted by molar-refractivity contribution is 5.72. The van der Waals surface area contributed by atoms with E-state index in [0.29, 0.717) is 6.61 Å². The van der Waals surface area contributed by atoms with E-state index in [1.54, 1.807) is 6.20 Å². The lowest BCUT2D eigenvalue weighted by molar-refractivity contribution is -0.143. The molecule has 0 saturated heterocycles. The van der Waals surface area contributed by atoms with E-state index in [-0.39, 0.29) is 12.4 Å². The Kier molecular flexibility index (Phi) is 4.81. The van der Waals surface area contributed by atoms with Gasteiger partial charge in [-0.05, 0) is 25.0 Å². The van der Waals surface area contributed by atoms with Gasteiger partial charge in [0.2, 0.25) is 0 Å². The Morgan fingerprint density at radius 2 is 2.33 bits per heavy atom. The molecular weight excluding hydrogens is 190 g/mol. The van der Waals surface area contributed by atoms with E-state index in [9.17, 15) is 4.79 Å². The maximum Gasteiger partial charge on any atom is 0.311 e. The van der Waals surface area contributed by atoms with Gasteiger partial charge < -0.3 is 4.74 Å². The number of aryl methyl sites for hydroxylation is 1. The van der Waals surface area contributed by atoms with E-state index in [4.69, 9.17) is 4.74 Å². The highest BCUT2D eigenvalue weighted by Gasteiger charge is 2.07. The van der Waals surface area contributed by atoms with Gasteiger partial charge in [0, 0.05) is 6.20 Å². The van der Waals surface area contributed by atoms with Gasteiger partial charge in [-0.2, -0.15) is 0 Å². The fourth-order valence-electron chi connectivity index (χ4n) is 1.22. The van der Waals surface area contributed by atoms with Crippen molar-refractivity contribution < 1.29 is 9.53 Å². The van der Waals surface area contributed by atoms with Crippen molar-refractivity contribution in [3.05, 3.63) is 29.6 Å². The van der Waals surface area contributed by atoms with Crippen LogP contribution in [0.15, 0.2) is 18.3 Å². The lowest BCUT2D eigenvalue weighted by atomic mass is 10.2. The summed E-state index contributed by atoms with van der Waals surface area (Å²) in [5, 5.41) is 0. The summed E-state index contributed by atoms with van der Waals surface area (Å²) in [6.07, 6.45) is 3.93. The van der Waals surface area contributed by atoms with Crippen LogP contribution in [0.2, 0.25) is 0 Å². The van der Waals surface area contributed by atoms with Gasteiger partial charge in [-0.1, -0.05) is 19.4 Å². The number of carbonyl (C=O) groups is 1. The monoisotopic (exact) mass is 207 g/mol. The van der Waals surface area contributed by atoms with Crippen molar-refractivity contribution in [3.8, 4) is 0 Å². The number of pyridine rings is 1. The normalized spacial score (nSPS) is 10.0. The molecule has 0 amide bonds. The molecule has 3 heteroatoms. The van der Waals surface area contributed by atoms with Crippen molar-refractivity contribution in [1.29, 1.82) is 0 Å². The van der Waals surface area contributed by atoms with Gasteiger partial charge in [-0.25, -0.2) is 0 Å². The fraction of sp³-hybridized carbons (Fsp3) is 0.500. The van der Waals surface area contributed by atoms with Crippen molar-refractivity contribution in [2.24, 2.45) is 0 Å². The SMILES string of the molecule is CCCCOC(=O)Cc1ncccc1C. The third kappa shape index (κ3) is 4.11. The molecule has 0 atom stereocenters. The summed E-state index contributed by atoms with van der Waals surface area (Å²) >= 11 is 0. The minimum atomic E-state index is -0.190. The molecule has 15 heavy (non-hydrogen) atoms. The molecule has 0 radical (unpaired) electrons. The lowest BCUT2D eigenvalue weighted by Crippen LogP contribution is -2.10. The molecule has 0 N–H and O–H groups in total. The summed E-state index contributed by atoms with van der Waals surface area (Å²) in [4.78, 5) is 15.5. The fourth-order valence-corrected chi connectivity index (χ4v) is 1.22. The molecule has 3 nitrogen and oxygen atoms in total. The molecule has 1 heterocycles. The van der Waals surface area contributed by atoms with Crippen LogP contribution >= 0.6 is 0 Å². The number of esters is 1. The zero-order valence-corrected chi connectivity index (χ0v) is 9.32. The minimum absolute atomic E-state index is 0.190. The Bertz CT molecular complexity index is 323. The molecule has 0 saturated carbocycles. The van der Waals surface area contributed by atoms with E-state index in [2.05, 4.69) is 11.9 Å². The van der Waals surface area contributed by atoms with Gasteiger partial charge in [-0.3, -0.25) is 9.78 Å². The summed E-state index contributed by atoms with van der Waals surface area (Å²) < 4.78 is 5.06. The van der Waals surface area contributed by atoms with E-state index < -0.39 is 0 Å². The number of hydrogen-bond donors (Lipinski definition) is 0. The molecular formula is C12H17NO2. The van der Waals surface area contributed by atoms with Crippen molar-refractivity contribution in [2.45, 2.75) is 33.1 Å². The van der Waals surface area contributed by atoms with Gasteiger partial charge in [-0.15, -0.1) is 0 Å². The van der Waals surface area contributed by atoms with Crippen molar-refractivity contribution in [2.75, 3.05) is 6.61 Å². The quantitative estimate of drug-likeness (QED) is 0.549. The van der Waals surface area contributed by atoms with Crippen molar-refractivity contribution >= 4 is 5.97 Å². The second kappa shape index (κ2) is 6.17. The molecule has 0 unspecified atom stereocenters. The van der Waals surface area contributed by atoms with Crippen molar-refractivity contribution in [3.63, 3.8) is 0 Å². The summed E-state index contributed by atoms with van der Waals surface area (Å²) in [6.45, 7) is 4.53. The standard InChI is InChI=1S/C12H17NO2/c1-3-4-8-15-12(14)9-11-10(2)6-5-7-13-11/h5-7H,3-4,8-9H2,1-2H3. The molecule has 1 aromatic rings. The number of nitrogens with zero attached hydrogens (tertiary/aromatic N) is 1. The van der Waals surface area contributed by atoms with Crippen LogP contribution in [0.25, 0.3) is 0 Å². The molecule has 1 rings (SSSR count). The molecule has 0 fully saturated rings. The van der Waals surface area contributed by atoms with Crippen LogP contribution in [0.3, 0.4) is 0 Å². The Hall–Kier alpha value is -1.38. The first-order chi connectivity index (χ1) is 7.24. The van der Waals surface area contributed by atoms with E-state index in [1.165, 1.54) is 0 Å². The predicted octanol–water partition coefficient (Wildman–Crippen LogP) is 2.28. The Morgan fingerprint density at radius 3 is 3.00 bits per heavy atom. The Morgan fingerprint density at radius 1 is 1.53 bits per heavy atom. The topological polar surface area (TPSA) is 39.2 Å². The first kappa shape index (κ1) is 11.7. The molecule has 0 aliphatic carbocycles. The van der Waals surface area contributed by atoms with Gasteiger partial charge in [0.05, 0.1) is 18.7 Å². The van der Waals surface area contributed by atoms with Crippen LogP contribution in [0.5, 0.6) is 0 Å². The molecule has 0 bridgehead atoms. The summed E-state index contributed by atoms with van der Waals surface area (Å²) in [6, 6.07) is 3.81. The van der Waals surface area contributed by atoms with Crippen LogP contribution in [-0.2, 0) is 16.0 Å². The van der Waals surface area contributed by atoms with E-state index in [0.717, 1.165) is 24.1 Å². The summed E-state index contributed by atoms with van der Waals surface area (Å²) in [7, 11) is 0. The number of carbonyl (C=O) groups excluding carboxylic acids is 1. The van der Waals surface area contributed by atoms with Gasteiger partial charge in [0.25, 0.3) is 0 Å². The number of aromatic nitrogens is 1. The molecule has 0 aromatic carbocycles. The first-order valence-electron chi connectivity index (χ1n) is 5.30. The predicted molar refractivity (Wildman–Crippen MR) is 58.5 cm³/mol. The Labute approximate surface area is 90.5 Å². The first-order valence-corrected chi connectivity index (χ1v) is 5.30. The van der Waals surface area contributed by atoms with Crippen LogP contribution in [0, 0.1) is 6.92 Å². The lowest BCUT2D eigenvalue weighted by Gasteiger charge is -2.05. The third-order valence-electron chi connectivity index (χ3n) is 2.19. The second-order valence-corrected chi connectivity index (χ2v) is 3.52. The summed E-state index contributed by atoms with van der Waals surface area (Å²) in [5.41, 5.74) is 1.84. The highest BCUT2D eigenvalue weighted by Crippen LogP contribution is 2.04. The highest BCUT2D eigenvalue weighted by atomic mass is 16.5. The molecule has 1 aromatic heterocycles. The second-order valence-electron chi connectivity index (χ2n) is 3.52. The van der Waals surface area contributed by atoms with Crippen LogP contribution < -0.4 is 0 Å². The number of unbranched alkanes of at least 4 members (excludes halogenated alkanes) is 1. The summed E-state index contributed by atoms with van der Waals surface area (Å²) in [5.74, 6) is -0.190. The Balaban J connectivity index is 2.41. The average Bonchev–Trinajstić information content (AvgIpc) is 2.22. The van der Waals surface area contributed by atoms with Crippen LogP contribution in [0.4, 0.5) is 0 Å². The largest absolute Gasteiger partial charge is 0.465 e. The smallest absolute Gasteiger partial charge is 0.311 e. The van der Waals surface area contributed by atoms with Crippen LogP contribution in [-0.4, -0.2) is 17.6 Å². The number of hydrogen-bond acceptors (Lipinski definition) is 3. The van der Waals surface area contributed by atoms with Gasteiger partial charge >= 0.3 is 5.97 Å². The maximum atomic E-state index is 11.4. The average molecular weight is 207 g/mol. The molecule has 82 valence electrons. The molecule has 0 aliphatic rings. The molecule has 0 aliphatic heterocycles. The van der Waals surface area contributed by atoms with Gasteiger partial charge in [0.15, 0.2) is 0 Å². The zero-order valence-electron chi connectivity index (χ0n) is 9.32. The van der Waals surface area contributed by atoms with Gasteiger partial charge in [0.1, 0.15) is 0 Å². The zero-order chi connectivity index (χ0) is 11.1. The third-order valence-corrected chi connectivity index (χ3v) is 2.19. The number of ether oxygens (including phenoxy) is 1. The van der Waals surface area contributed by atoms with E-state index >= 15 is 0 Å². The van der Waals surface area contributed by atoms with Crippen molar-refractivity contribution in [1.82, 2.24) is 4.98 Å². The maximum absolute atomic E-state index is 11.4. The molecule has 0 spiro atoms.